The van der Waals surface area contributed by atoms with Gasteiger partial charge in [0.2, 0.25) is 0 Å². The maximum atomic E-state index is 12.9. The van der Waals surface area contributed by atoms with Crippen molar-refractivity contribution in [2.45, 2.75) is 33.7 Å². The van der Waals surface area contributed by atoms with Gasteiger partial charge in [0.25, 0.3) is 5.91 Å². The Morgan fingerprint density at radius 2 is 1.79 bits per heavy atom. The minimum absolute atomic E-state index is 0.0876. The number of aromatic nitrogens is 1. The Kier molecular flexibility index (Phi) is 6.31. The first kappa shape index (κ1) is 20.2. The number of rotatable bonds is 6. The van der Waals surface area contributed by atoms with Crippen LogP contribution >= 0.6 is 0 Å². The Morgan fingerprint density at radius 1 is 1.10 bits per heavy atom. The number of amides is 1. The summed E-state index contributed by atoms with van der Waals surface area (Å²) >= 11 is 0. The van der Waals surface area contributed by atoms with Crippen molar-refractivity contribution in [3.63, 3.8) is 0 Å². The van der Waals surface area contributed by atoms with Gasteiger partial charge in [-0.1, -0.05) is 55.5 Å². The number of nitrogens with one attached hydrogen (secondary N) is 1. The van der Waals surface area contributed by atoms with Gasteiger partial charge >= 0.3 is 0 Å². The van der Waals surface area contributed by atoms with E-state index in [2.05, 4.69) is 22.9 Å². The standard InChI is InChI=1S/C25H25N3O/c1-4-14-28-18(2)15-21(19(28)3)16-22(17-26)25(29)27-24-13-9-8-12-23(24)20-10-6-5-7-11-20/h5-13,15-16H,4,14H2,1-3H3,(H,27,29)/b22-16+. The fourth-order valence-corrected chi connectivity index (χ4v) is 3.50. The molecule has 1 aromatic heterocycles. The molecule has 0 unspecified atom stereocenters. The zero-order valence-corrected chi connectivity index (χ0v) is 17.1. The third kappa shape index (κ3) is 4.47. The fraction of sp³-hybridized carbons (Fsp3) is 0.200. The summed E-state index contributed by atoms with van der Waals surface area (Å²) in [5, 5.41) is 12.5. The van der Waals surface area contributed by atoms with E-state index in [0.717, 1.165) is 41.0 Å². The van der Waals surface area contributed by atoms with Gasteiger partial charge in [-0.15, -0.1) is 0 Å². The van der Waals surface area contributed by atoms with Crippen LogP contribution in [0, 0.1) is 25.2 Å². The average molecular weight is 383 g/mol. The summed E-state index contributed by atoms with van der Waals surface area (Å²) in [4.78, 5) is 12.9. The molecule has 0 fully saturated rings. The van der Waals surface area contributed by atoms with Crippen molar-refractivity contribution in [3.05, 3.63) is 83.2 Å². The van der Waals surface area contributed by atoms with Gasteiger partial charge in [-0.2, -0.15) is 5.26 Å². The average Bonchev–Trinajstić information content (AvgIpc) is 3.00. The zero-order chi connectivity index (χ0) is 20.8. The van der Waals surface area contributed by atoms with Crippen molar-refractivity contribution in [3.8, 4) is 17.2 Å². The molecular weight excluding hydrogens is 358 g/mol. The lowest BCUT2D eigenvalue weighted by atomic mass is 10.0. The molecule has 146 valence electrons. The smallest absolute Gasteiger partial charge is 0.266 e. The van der Waals surface area contributed by atoms with Crippen LogP contribution in [0.4, 0.5) is 5.69 Å². The van der Waals surface area contributed by atoms with Gasteiger partial charge in [-0.05, 0) is 49.6 Å². The van der Waals surface area contributed by atoms with Gasteiger partial charge in [0.05, 0.1) is 0 Å². The molecule has 0 aliphatic heterocycles. The SMILES string of the molecule is CCCn1c(C)cc(/C=C(\C#N)C(=O)Nc2ccccc2-c2ccccc2)c1C. The Morgan fingerprint density at radius 3 is 2.48 bits per heavy atom. The largest absolute Gasteiger partial charge is 0.349 e. The van der Waals surface area contributed by atoms with Gasteiger partial charge < -0.3 is 9.88 Å². The molecule has 1 heterocycles. The highest BCUT2D eigenvalue weighted by atomic mass is 16.1. The van der Waals surface area contributed by atoms with E-state index in [-0.39, 0.29) is 5.57 Å². The molecule has 0 aliphatic carbocycles. The third-order valence-electron chi connectivity index (χ3n) is 4.98. The van der Waals surface area contributed by atoms with Crippen molar-refractivity contribution in [1.82, 2.24) is 4.57 Å². The molecule has 1 N–H and O–H groups in total. The Bertz CT molecular complexity index is 1090. The van der Waals surface area contributed by atoms with Crippen LogP contribution in [0.5, 0.6) is 0 Å². The lowest BCUT2D eigenvalue weighted by molar-refractivity contribution is -0.112. The number of carbonyl (C=O) groups excluding carboxylic acids is 1. The summed E-state index contributed by atoms with van der Waals surface area (Å²) in [5.74, 6) is -0.406. The van der Waals surface area contributed by atoms with Gasteiger partial charge in [0.15, 0.2) is 0 Å². The van der Waals surface area contributed by atoms with Gasteiger partial charge in [0.1, 0.15) is 11.6 Å². The van der Waals surface area contributed by atoms with Crippen molar-refractivity contribution < 1.29 is 4.79 Å². The topological polar surface area (TPSA) is 57.8 Å². The molecule has 0 atom stereocenters. The van der Waals surface area contributed by atoms with Gasteiger partial charge in [-0.3, -0.25) is 4.79 Å². The van der Waals surface area contributed by atoms with E-state index in [1.54, 1.807) is 6.08 Å². The maximum Gasteiger partial charge on any atom is 0.266 e. The van der Waals surface area contributed by atoms with Crippen LogP contribution in [0.3, 0.4) is 0 Å². The van der Waals surface area contributed by atoms with Crippen LogP contribution in [0.25, 0.3) is 17.2 Å². The van der Waals surface area contributed by atoms with Gasteiger partial charge in [-0.25, -0.2) is 0 Å². The predicted octanol–water partition coefficient (Wildman–Crippen LogP) is 5.73. The number of para-hydroxylation sites is 1. The molecule has 2 aromatic carbocycles. The molecular formula is C25H25N3O. The molecule has 0 bridgehead atoms. The highest BCUT2D eigenvalue weighted by Crippen LogP contribution is 2.28. The Labute approximate surface area is 172 Å². The molecule has 0 saturated carbocycles. The van der Waals surface area contributed by atoms with Crippen molar-refractivity contribution in [2.75, 3.05) is 5.32 Å². The van der Waals surface area contributed by atoms with E-state index in [1.165, 1.54) is 0 Å². The van der Waals surface area contributed by atoms with E-state index in [1.807, 2.05) is 74.5 Å². The summed E-state index contributed by atoms with van der Waals surface area (Å²) in [6.45, 7) is 7.12. The molecule has 0 radical (unpaired) electrons. The molecule has 4 heteroatoms. The molecule has 1 amide bonds. The van der Waals surface area contributed by atoms with Crippen molar-refractivity contribution in [2.24, 2.45) is 0 Å². The Hall–Kier alpha value is -3.58. The van der Waals surface area contributed by atoms with Crippen LogP contribution in [-0.2, 0) is 11.3 Å². The van der Waals surface area contributed by atoms with Gasteiger partial charge in [0, 0.05) is 29.2 Å². The number of nitrogens with zero attached hydrogens (tertiary/aromatic N) is 2. The summed E-state index contributed by atoms with van der Waals surface area (Å²) < 4.78 is 2.21. The lowest BCUT2D eigenvalue weighted by Crippen LogP contribution is -2.14. The number of benzene rings is 2. The monoisotopic (exact) mass is 383 g/mol. The number of nitriles is 1. The summed E-state index contributed by atoms with van der Waals surface area (Å²) in [7, 11) is 0. The summed E-state index contributed by atoms with van der Waals surface area (Å²) in [5.41, 5.74) is 5.79. The quantitative estimate of drug-likeness (QED) is 0.437. The minimum Gasteiger partial charge on any atom is -0.349 e. The first-order valence-corrected chi connectivity index (χ1v) is 9.79. The van der Waals surface area contributed by atoms with E-state index in [4.69, 9.17) is 0 Å². The molecule has 0 spiro atoms. The Balaban J connectivity index is 1.90. The van der Waals surface area contributed by atoms with Crippen LogP contribution < -0.4 is 5.32 Å². The second-order valence-corrected chi connectivity index (χ2v) is 7.01. The number of anilines is 1. The number of carbonyl (C=O) groups is 1. The van der Waals surface area contributed by atoms with Crippen molar-refractivity contribution >= 4 is 17.7 Å². The molecule has 0 aliphatic rings. The van der Waals surface area contributed by atoms with E-state index >= 15 is 0 Å². The number of hydrogen-bond acceptors (Lipinski definition) is 2. The summed E-state index contributed by atoms with van der Waals surface area (Å²) in [6.07, 6.45) is 2.70. The first-order chi connectivity index (χ1) is 14.0. The lowest BCUT2D eigenvalue weighted by Gasteiger charge is -2.11. The highest BCUT2D eigenvalue weighted by molar-refractivity contribution is 6.11. The van der Waals surface area contributed by atoms with E-state index < -0.39 is 5.91 Å². The van der Waals surface area contributed by atoms with Crippen molar-refractivity contribution in [1.29, 1.82) is 5.26 Å². The normalized spacial score (nSPS) is 11.2. The van der Waals surface area contributed by atoms with Crippen LogP contribution in [0.1, 0.15) is 30.3 Å². The second kappa shape index (κ2) is 9.07. The van der Waals surface area contributed by atoms with E-state index in [0.29, 0.717) is 5.69 Å². The van der Waals surface area contributed by atoms with Crippen LogP contribution in [0.15, 0.2) is 66.2 Å². The zero-order valence-electron chi connectivity index (χ0n) is 17.1. The predicted molar refractivity (Wildman–Crippen MR) is 118 cm³/mol. The number of hydrogen-bond donors (Lipinski definition) is 1. The molecule has 3 rings (SSSR count). The van der Waals surface area contributed by atoms with Crippen LogP contribution in [-0.4, -0.2) is 10.5 Å². The highest BCUT2D eigenvalue weighted by Gasteiger charge is 2.14. The van der Waals surface area contributed by atoms with Crippen LogP contribution in [0.2, 0.25) is 0 Å². The molecule has 4 nitrogen and oxygen atoms in total. The van der Waals surface area contributed by atoms with E-state index in [9.17, 15) is 10.1 Å². The molecule has 29 heavy (non-hydrogen) atoms. The second-order valence-electron chi connectivity index (χ2n) is 7.01. The fourth-order valence-electron chi connectivity index (χ4n) is 3.50. The molecule has 0 saturated heterocycles. The third-order valence-corrected chi connectivity index (χ3v) is 4.98. The molecule has 3 aromatic rings. The first-order valence-electron chi connectivity index (χ1n) is 9.79. The minimum atomic E-state index is -0.406. The number of aryl methyl sites for hydroxylation is 1. The summed E-state index contributed by atoms with van der Waals surface area (Å²) in [6, 6.07) is 21.6. The maximum absolute atomic E-state index is 12.9.